The minimum Gasteiger partial charge on any atom is -0.467 e. The van der Waals surface area contributed by atoms with E-state index < -0.39 is 0 Å². The lowest BCUT2D eigenvalue weighted by Gasteiger charge is -2.35. The summed E-state index contributed by atoms with van der Waals surface area (Å²) in [5.41, 5.74) is 1.05. The third kappa shape index (κ3) is 2.03. The van der Waals surface area contributed by atoms with Crippen LogP contribution in [0, 0.1) is 0 Å². The summed E-state index contributed by atoms with van der Waals surface area (Å²) in [7, 11) is 2.26. The Labute approximate surface area is 117 Å². The molecular formula is C15H18N2OS. The highest BCUT2D eigenvalue weighted by Crippen LogP contribution is 2.37. The van der Waals surface area contributed by atoms with Crippen molar-refractivity contribution < 1.29 is 4.74 Å². The van der Waals surface area contributed by atoms with E-state index in [2.05, 4.69) is 35.1 Å². The molecule has 0 amide bonds. The first-order valence-corrected chi connectivity index (χ1v) is 7.85. The van der Waals surface area contributed by atoms with Gasteiger partial charge in [-0.05, 0) is 44.9 Å². The average molecular weight is 274 g/mol. The molecule has 100 valence electrons. The first-order valence-electron chi connectivity index (χ1n) is 7.04. The highest BCUT2D eigenvalue weighted by Gasteiger charge is 2.39. The van der Waals surface area contributed by atoms with Gasteiger partial charge in [-0.2, -0.15) is 0 Å². The fourth-order valence-corrected chi connectivity index (χ4v) is 4.38. The lowest BCUT2D eigenvalue weighted by atomic mass is 10.0. The van der Waals surface area contributed by atoms with E-state index in [9.17, 15) is 0 Å². The molecule has 2 aliphatic heterocycles. The van der Waals surface area contributed by atoms with Crippen LogP contribution in [-0.2, 0) is 0 Å². The largest absolute Gasteiger partial charge is 0.467 e. The molecule has 0 spiro atoms. The second kappa shape index (κ2) is 4.46. The van der Waals surface area contributed by atoms with E-state index in [1.807, 2.05) is 6.07 Å². The third-order valence-corrected chi connectivity index (χ3v) is 5.52. The molecule has 3 atom stereocenters. The predicted octanol–water partition coefficient (Wildman–Crippen LogP) is 3.30. The van der Waals surface area contributed by atoms with Crippen molar-refractivity contribution in [3.63, 3.8) is 0 Å². The highest BCUT2D eigenvalue weighted by molar-refractivity contribution is 7.20. The van der Waals surface area contributed by atoms with E-state index in [4.69, 9.17) is 4.74 Å². The van der Waals surface area contributed by atoms with Crippen LogP contribution < -0.4 is 4.74 Å². The molecule has 2 aliphatic rings. The number of para-hydroxylation sites is 1. The van der Waals surface area contributed by atoms with Crippen LogP contribution in [0.3, 0.4) is 0 Å². The number of rotatable bonds is 2. The van der Waals surface area contributed by atoms with Gasteiger partial charge >= 0.3 is 0 Å². The van der Waals surface area contributed by atoms with E-state index in [0.717, 1.165) is 35.6 Å². The summed E-state index contributed by atoms with van der Waals surface area (Å²) in [4.78, 5) is 7.12. The molecule has 2 bridgehead atoms. The summed E-state index contributed by atoms with van der Waals surface area (Å²) < 4.78 is 7.37. The van der Waals surface area contributed by atoms with Crippen molar-refractivity contribution >= 4 is 21.6 Å². The lowest BCUT2D eigenvalue weighted by Crippen LogP contribution is -2.43. The molecule has 4 rings (SSSR count). The minimum atomic E-state index is 0.356. The molecule has 0 saturated carbocycles. The van der Waals surface area contributed by atoms with E-state index in [1.54, 1.807) is 11.3 Å². The van der Waals surface area contributed by atoms with E-state index in [0.29, 0.717) is 6.10 Å². The van der Waals surface area contributed by atoms with Gasteiger partial charge in [0.25, 0.3) is 5.19 Å². The van der Waals surface area contributed by atoms with Crippen LogP contribution in [0.4, 0.5) is 0 Å². The Hall–Kier alpha value is -1.13. The molecule has 0 aliphatic carbocycles. The van der Waals surface area contributed by atoms with Crippen molar-refractivity contribution in [3.8, 4) is 5.19 Å². The van der Waals surface area contributed by atoms with Crippen LogP contribution in [0.2, 0.25) is 0 Å². The Morgan fingerprint density at radius 1 is 1.21 bits per heavy atom. The highest BCUT2D eigenvalue weighted by atomic mass is 32.1. The van der Waals surface area contributed by atoms with Gasteiger partial charge in [0, 0.05) is 12.1 Å². The number of hydrogen-bond donors (Lipinski definition) is 0. The number of ether oxygens (including phenoxy) is 1. The van der Waals surface area contributed by atoms with E-state index >= 15 is 0 Å². The van der Waals surface area contributed by atoms with Crippen molar-refractivity contribution in [2.24, 2.45) is 0 Å². The van der Waals surface area contributed by atoms with Crippen molar-refractivity contribution in [3.05, 3.63) is 24.3 Å². The SMILES string of the molecule is CN1[C@@H]2CC[C@H]1CC(Oc1nc3ccccc3s1)C2. The summed E-state index contributed by atoms with van der Waals surface area (Å²) in [5.74, 6) is 0. The predicted molar refractivity (Wildman–Crippen MR) is 77.8 cm³/mol. The summed E-state index contributed by atoms with van der Waals surface area (Å²) >= 11 is 1.67. The van der Waals surface area contributed by atoms with Crippen LogP contribution >= 0.6 is 11.3 Å². The standard InChI is InChI=1S/C15H18N2OS/c1-17-10-6-7-11(17)9-12(8-10)18-15-16-13-4-2-3-5-14(13)19-15/h2-5,10-12H,6-9H2,1H3/t10-,11+,12?. The quantitative estimate of drug-likeness (QED) is 0.840. The Morgan fingerprint density at radius 3 is 2.68 bits per heavy atom. The molecule has 2 saturated heterocycles. The van der Waals surface area contributed by atoms with E-state index in [-0.39, 0.29) is 0 Å². The smallest absolute Gasteiger partial charge is 0.274 e. The van der Waals surface area contributed by atoms with Crippen LogP contribution in [-0.4, -0.2) is 35.1 Å². The van der Waals surface area contributed by atoms with Gasteiger partial charge < -0.3 is 9.64 Å². The molecule has 19 heavy (non-hydrogen) atoms. The third-order valence-electron chi connectivity index (χ3n) is 4.60. The second-order valence-electron chi connectivity index (χ2n) is 5.71. The van der Waals surface area contributed by atoms with Gasteiger partial charge in [0.1, 0.15) is 6.10 Å². The Morgan fingerprint density at radius 2 is 1.95 bits per heavy atom. The molecule has 1 aromatic carbocycles. The van der Waals surface area contributed by atoms with Crippen molar-refractivity contribution in [1.82, 2.24) is 9.88 Å². The van der Waals surface area contributed by atoms with Crippen LogP contribution in [0.25, 0.3) is 10.2 Å². The fraction of sp³-hybridized carbons (Fsp3) is 0.533. The van der Waals surface area contributed by atoms with Gasteiger partial charge in [-0.1, -0.05) is 23.5 Å². The maximum Gasteiger partial charge on any atom is 0.274 e. The normalized spacial score (nSPS) is 30.9. The molecule has 4 heteroatoms. The zero-order chi connectivity index (χ0) is 12.8. The van der Waals surface area contributed by atoms with Gasteiger partial charge in [0.15, 0.2) is 0 Å². The zero-order valence-corrected chi connectivity index (χ0v) is 11.9. The molecule has 1 unspecified atom stereocenters. The number of benzene rings is 1. The van der Waals surface area contributed by atoms with Crippen molar-refractivity contribution in [1.29, 1.82) is 0 Å². The van der Waals surface area contributed by atoms with Crippen molar-refractivity contribution in [2.75, 3.05) is 7.05 Å². The maximum absolute atomic E-state index is 6.15. The molecule has 0 N–H and O–H groups in total. The molecule has 1 aromatic heterocycles. The molecular weight excluding hydrogens is 256 g/mol. The number of fused-ring (bicyclic) bond motifs is 3. The monoisotopic (exact) mass is 274 g/mol. The first-order chi connectivity index (χ1) is 9.29. The summed E-state index contributed by atoms with van der Waals surface area (Å²) in [6, 6.07) is 9.69. The number of piperidine rings is 1. The lowest BCUT2D eigenvalue weighted by molar-refractivity contribution is 0.0661. The Bertz CT molecular complexity index is 550. The van der Waals surface area contributed by atoms with Crippen LogP contribution in [0.5, 0.6) is 5.19 Å². The van der Waals surface area contributed by atoms with Crippen LogP contribution in [0.15, 0.2) is 24.3 Å². The Balaban J connectivity index is 1.52. The molecule has 2 fully saturated rings. The number of aromatic nitrogens is 1. The van der Waals surface area contributed by atoms with Gasteiger partial charge in [-0.15, -0.1) is 0 Å². The van der Waals surface area contributed by atoms with Crippen molar-refractivity contribution in [2.45, 2.75) is 43.9 Å². The minimum absolute atomic E-state index is 0.356. The molecule has 0 radical (unpaired) electrons. The fourth-order valence-electron chi connectivity index (χ4n) is 3.50. The first kappa shape index (κ1) is 11.7. The van der Waals surface area contributed by atoms with E-state index in [1.165, 1.54) is 17.5 Å². The van der Waals surface area contributed by atoms with Gasteiger partial charge in [-0.25, -0.2) is 4.98 Å². The number of hydrogen-bond acceptors (Lipinski definition) is 4. The molecule has 3 nitrogen and oxygen atoms in total. The number of nitrogens with zero attached hydrogens (tertiary/aromatic N) is 2. The van der Waals surface area contributed by atoms with Gasteiger partial charge in [0.05, 0.1) is 10.2 Å². The average Bonchev–Trinajstić information content (AvgIpc) is 2.87. The summed E-state index contributed by atoms with van der Waals surface area (Å²) in [6.07, 6.45) is 5.34. The van der Waals surface area contributed by atoms with Crippen LogP contribution in [0.1, 0.15) is 25.7 Å². The second-order valence-corrected chi connectivity index (χ2v) is 6.70. The summed E-state index contributed by atoms with van der Waals surface area (Å²) in [5, 5.41) is 0.843. The summed E-state index contributed by atoms with van der Waals surface area (Å²) in [6.45, 7) is 0. The van der Waals surface area contributed by atoms with Gasteiger partial charge in [-0.3, -0.25) is 0 Å². The topological polar surface area (TPSA) is 25.4 Å². The molecule has 2 aromatic rings. The maximum atomic E-state index is 6.15. The van der Waals surface area contributed by atoms with Gasteiger partial charge in [0.2, 0.25) is 0 Å². The zero-order valence-electron chi connectivity index (χ0n) is 11.1. The number of thiazole rings is 1. The molecule has 3 heterocycles. The Kier molecular flexibility index (Phi) is 2.74.